The minimum absolute atomic E-state index is 0.0361. The molecule has 0 amide bonds. The zero-order valence-corrected chi connectivity index (χ0v) is 11.5. The average molecular weight is 259 g/mol. The van der Waals surface area contributed by atoms with Crippen LogP contribution in [-0.2, 0) is 0 Å². The van der Waals surface area contributed by atoms with Gasteiger partial charge >= 0.3 is 0 Å². The van der Waals surface area contributed by atoms with Gasteiger partial charge in [-0.05, 0) is 24.0 Å². The van der Waals surface area contributed by atoms with Crippen molar-refractivity contribution >= 4 is 22.1 Å². The second kappa shape index (κ2) is 5.45. The molecule has 2 rings (SSSR count). The molecule has 0 bridgehead atoms. The van der Waals surface area contributed by atoms with Gasteiger partial charge in [0.05, 0.1) is 11.4 Å². The number of hydrogen-bond donors (Lipinski definition) is 3. The van der Waals surface area contributed by atoms with E-state index in [2.05, 4.69) is 24.1 Å². The van der Waals surface area contributed by atoms with E-state index >= 15 is 0 Å². The molecule has 0 saturated carbocycles. The molecule has 0 fully saturated rings. The molecular weight excluding hydrogens is 238 g/mol. The molecule has 1 heterocycles. The highest BCUT2D eigenvalue weighted by molar-refractivity contribution is 5.98. The van der Waals surface area contributed by atoms with Crippen LogP contribution in [-0.4, -0.2) is 23.2 Å². The summed E-state index contributed by atoms with van der Waals surface area (Å²) in [6, 6.07) is 5.92. The zero-order chi connectivity index (χ0) is 13.9. The maximum absolute atomic E-state index is 9.04. The highest BCUT2D eigenvalue weighted by atomic mass is 16.3. The third-order valence-corrected chi connectivity index (χ3v) is 3.41. The molecule has 0 atom stereocenters. The fourth-order valence-corrected chi connectivity index (χ4v) is 2.07. The third kappa shape index (κ3) is 3.15. The van der Waals surface area contributed by atoms with Crippen LogP contribution in [0.4, 0.5) is 11.4 Å². The minimum atomic E-state index is 0.0361. The number of nitrogens with zero attached hydrogens (tertiary/aromatic N) is 1. The van der Waals surface area contributed by atoms with Crippen LogP contribution in [0, 0.1) is 5.41 Å². The van der Waals surface area contributed by atoms with Crippen molar-refractivity contribution < 1.29 is 5.11 Å². The molecule has 4 heteroatoms. The normalized spacial score (nSPS) is 11.7. The molecule has 0 radical (unpaired) electrons. The Morgan fingerprint density at radius 2 is 2.11 bits per heavy atom. The lowest BCUT2D eigenvalue weighted by atomic mass is 9.89. The Labute approximate surface area is 113 Å². The van der Waals surface area contributed by atoms with Gasteiger partial charge in [-0.2, -0.15) is 0 Å². The van der Waals surface area contributed by atoms with E-state index in [9.17, 15) is 0 Å². The average Bonchev–Trinajstić information content (AvgIpc) is 2.38. The monoisotopic (exact) mass is 259 g/mol. The van der Waals surface area contributed by atoms with Gasteiger partial charge in [0.15, 0.2) is 0 Å². The Morgan fingerprint density at radius 1 is 1.32 bits per heavy atom. The van der Waals surface area contributed by atoms with E-state index in [0.29, 0.717) is 0 Å². The number of anilines is 2. The molecule has 102 valence electrons. The van der Waals surface area contributed by atoms with E-state index in [-0.39, 0.29) is 12.0 Å². The van der Waals surface area contributed by atoms with Crippen LogP contribution in [0.3, 0.4) is 0 Å². The molecular formula is C15H21N3O. The molecule has 4 nitrogen and oxygen atoms in total. The number of nitrogen functional groups attached to an aromatic ring is 1. The van der Waals surface area contributed by atoms with Gasteiger partial charge in [0.25, 0.3) is 0 Å². The summed E-state index contributed by atoms with van der Waals surface area (Å²) in [5, 5.41) is 14.5. The maximum Gasteiger partial charge on any atom is 0.0630 e. The molecule has 0 aliphatic heterocycles. The summed E-state index contributed by atoms with van der Waals surface area (Å²) in [5.41, 5.74) is 7.90. The molecule has 0 spiro atoms. The standard InChI is InChI=1S/C15H21N3O/c1-15(2,6-8-19)10-18-13-4-3-11-9-17-7-5-12(11)14(13)16/h3-5,7,9,18-19H,6,8,10,16H2,1-2H3. The van der Waals surface area contributed by atoms with Crippen molar-refractivity contribution in [1.29, 1.82) is 0 Å². The van der Waals surface area contributed by atoms with E-state index in [4.69, 9.17) is 10.8 Å². The fraction of sp³-hybridized carbons (Fsp3) is 0.400. The minimum Gasteiger partial charge on any atom is -0.397 e. The van der Waals surface area contributed by atoms with Gasteiger partial charge in [0.1, 0.15) is 0 Å². The van der Waals surface area contributed by atoms with E-state index in [1.807, 2.05) is 24.4 Å². The molecule has 0 aliphatic rings. The Hall–Kier alpha value is -1.81. The van der Waals surface area contributed by atoms with Crippen molar-refractivity contribution in [2.45, 2.75) is 20.3 Å². The second-order valence-corrected chi connectivity index (χ2v) is 5.61. The van der Waals surface area contributed by atoms with Crippen molar-refractivity contribution in [3.8, 4) is 0 Å². The summed E-state index contributed by atoms with van der Waals surface area (Å²) < 4.78 is 0. The van der Waals surface area contributed by atoms with Gasteiger partial charge in [0.2, 0.25) is 0 Å². The molecule has 4 N–H and O–H groups in total. The summed E-state index contributed by atoms with van der Waals surface area (Å²) >= 11 is 0. The number of fused-ring (bicyclic) bond motifs is 1. The SMILES string of the molecule is CC(C)(CCO)CNc1ccc2cnccc2c1N. The molecule has 0 saturated heterocycles. The lowest BCUT2D eigenvalue weighted by Gasteiger charge is -2.25. The van der Waals surface area contributed by atoms with E-state index in [1.165, 1.54) is 0 Å². The smallest absolute Gasteiger partial charge is 0.0630 e. The number of aliphatic hydroxyl groups is 1. The highest BCUT2D eigenvalue weighted by Gasteiger charge is 2.17. The number of benzene rings is 1. The Bertz CT molecular complexity index is 566. The van der Waals surface area contributed by atoms with Crippen LogP contribution in [0.2, 0.25) is 0 Å². The summed E-state index contributed by atoms with van der Waals surface area (Å²) in [6.07, 6.45) is 4.32. The van der Waals surface area contributed by atoms with Crippen LogP contribution >= 0.6 is 0 Å². The van der Waals surface area contributed by atoms with Gasteiger partial charge < -0.3 is 16.2 Å². The summed E-state index contributed by atoms with van der Waals surface area (Å²) in [4.78, 5) is 4.09. The van der Waals surface area contributed by atoms with Crippen LogP contribution in [0.5, 0.6) is 0 Å². The van der Waals surface area contributed by atoms with Crippen molar-refractivity contribution in [3.63, 3.8) is 0 Å². The highest BCUT2D eigenvalue weighted by Crippen LogP contribution is 2.29. The largest absolute Gasteiger partial charge is 0.397 e. The van der Waals surface area contributed by atoms with Crippen LogP contribution in [0.15, 0.2) is 30.6 Å². The van der Waals surface area contributed by atoms with Gasteiger partial charge in [-0.3, -0.25) is 4.98 Å². The first kappa shape index (κ1) is 13.6. The van der Waals surface area contributed by atoms with E-state index in [0.717, 1.165) is 35.1 Å². The van der Waals surface area contributed by atoms with Crippen LogP contribution < -0.4 is 11.1 Å². The fourth-order valence-electron chi connectivity index (χ4n) is 2.07. The Balaban J connectivity index is 2.20. The number of nitrogens with two attached hydrogens (primary N) is 1. The number of pyridine rings is 1. The summed E-state index contributed by atoms with van der Waals surface area (Å²) in [7, 11) is 0. The third-order valence-electron chi connectivity index (χ3n) is 3.41. The van der Waals surface area contributed by atoms with Gasteiger partial charge in [-0.15, -0.1) is 0 Å². The predicted molar refractivity (Wildman–Crippen MR) is 80.1 cm³/mol. The quantitative estimate of drug-likeness (QED) is 0.722. The van der Waals surface area contributed by atoms with Crippen molar-refractivity contribution in [2.75, 3.05) is 24.2 Å². The van der Waals surface area contributed by atoms with Gasteiger partial charge in [-0.25, -0.2) is 0 Å². The first-order valence-electron chi connectivity index (χ1n) is 6.50. The van der Waals surface area contributed by atoms with Gasteiger partial charge in [0, 0.05) is 36.3 Å². The molecule has 19 heavy (non-hydrogen) atoms. The number of hydrogen-bond acceptors (Lipinski definition) is 4. The molecule has 0 aliphatic carbocycles. The molecule has 1 aromatic carbocycles. The van der Waals surface area contributed by atoms with Crippen molar-refractivity contribution in [3.05, 3.63) is 30.6 Å². The van der Waals surface area contributed by atoms with E-state index < -0.39 is 0 Å². The first-order valence-corrected chi connectivity index (χ1v) is 6.50. The van der Waals surface area contributed by atoms with Crippen LogP contribution in [0.25, 0.3) is 10.8 Å². The Kier molecular flexibility index (Phi) is 3.90. The molecule has 1 aromatic heterocycles. The number of aromatic nitrogens is 1. The lowest BCUT2D eigenvalue weighted by Crippen LogP contribution is -2.24. The Morgan fingerprint density at radius 3 is 2.84 bits per heavy atom. The summed E-state index contributed by atoms with van der Waals surface area (Å²) in [5.74, 6) is 0. The van der Waals surface area contributed by atoms with Crippen molar-refractivity contribution in [1.82, 2.24) is 4.98 Å². The molecule has 2 aromatic rings. The van der Waals surface area contributed by atoms with Gasteiger partial charge in [-0.1, -0.05) is 19.9 Å². The van der Waals surface area contributed by atoms with E-state index in [1.54, 1.807) is 6.20 Å². The second-order valence-electron chi connectivity index (χ2n) is 5.61. The number of aliphatic hydroxyl groups excluding tert-OH is 1. The predicted octanol–water partition coefficient (Wildman–Crippen LogP) is 2.64. The first-order chi connectivity index (χ1) is 9.03. The van der Waals surface area contributed by atoms with Crippen LogP contribution in [0.1, 0.15) is 20.3 Å². The number of rotatable bonds is 5. The topological polar surface area (TPSA) is 71.2 Å². The number of nitrogens with one attached hydrogen (secondary N) is 1. The zero-order valence-electron chi connectivity index (χ0n) is 11.5. The lowest BCUT2D eigenvalue weighted by molar-refractivity contribution is 0.220. The van der Waals surface area contributed by atoms with Crippen molar-refractivity contribution in [2.24, 2.45) is 5.41 Å². The molecule has 0 unspecified atom stereocenters. The maximum atomic E-state index is 9.04. The summed E-state index contributed by atoms with van der Waals surface area (Å²) in [6.45, 7) is 5.22.